The van der Waals surface area contributed by atoms with Crippen molar-refractivity contribution < 1.29 is 32.2 Å². The molecule has 8 nitrogen and oxygen atoms in total. The third kappa shape index (κ3) is 6.83. The Kier molecular flexibility index (Phi) is 9.24. The summed E-state index contributed by atoms with van der Waals surface area (Å²) >= 11 is 1.52. The second kappa shape index (κ2) is 13.1. The Hall–Kier alpha value is -3.74. The van der Waals surface area contributed by atoms with Gasteiger partial charge in [-0.3, -0.25) is 14.5 Å². The van der Waals surface area contributed by atoms with E-state index < -0.39 is 29.6 Å². The molecule has 1 atom stereocenters. The van der Waals surface area contributed by atoms with Crippen LogP contribution < -0.4 is 4.74 Å². The number of amides is 2. The lowest BCUT2D eigenvalue weighted by Gasteiger charge is -2.31. The molecule has 0 bridgehead atoms. The molecule has 3 aromatic rings. The number of hydrazone groups is 1. The van der Waals surface area contributed by atoms with Crippen LogP contribution in [0.1, 0.15) is 38.8 Å². The van der Waals surface area contributed by atoms with Gasteiger partial charge in [0.1, 0.15) is 12.3 Å². The molecular formula is C30H31F3N4O4S. The van der Waals surface area contributed by atoms with Crippen molar-refractivity contribution in [2.45, 2.75) is 18.6 Å². The standard InChI is InChI=1S/C30H31F3N4O4S/c1-40-26-6-3-2-5-23(26)25-19-24(27-7-4-18-42-27)34-37(25)28(38)20-36(13-12-35-14-16-41-17-15-35)29(39)21-8-10-22(11-9-21)30(31,32)33/h2-11,18,25H,12-17,19-20H2,1H3/t25-/m0/s1. The van der Waals surface area contributed by atoms with Gasteiger partial charge in [-0.25, -0.2) is 5.01 Å². The Morgan fingerprint density at radius 1 is 1.07 bits per heavy atom. The number of carbonyl (C=O) groups is 2. The Bertz CT molecular complexity index is 1410. The van der Waals surface area contributed by atoms with Crippen LogP contribution in [-0.4, -0.2) is 85.4 Å². The van der Waals surface area contributed by atoms with Gasteiger partial charge in [-0.05, 0) is 41.8 Å². The van der Waals surface area contributed by atoms with Crippen molar-refractivity contribution in [3.63, 3.8) is 0 Å². The van der Waals surface area contributed by atoms with Gasteiger partial charge in [0.2, 0.25) is 0 Å². The average Bonchev–Trinajstić information content (AvgIpc) is 3.70. The van der Waals surface area contributed by atoms with Gasteiger partial charge in [0.15, 0.2) is 0 Å². The number of rotatable bonds is 9. The van der Waals surface area contributed by atoms with E-state index in [-0.39, 0.29) is 18.7 Å². The Balaban J connectivity index is 1.41. The van der Waals surface area contributed by atoms with Crippen molar-refractivity contribution >= 4 is 28.9 Å². The number of hydrogen-bond acceptors (Lipinski definition) is 7. The number of benzene rings is 2. The van der Waals surface area contributed by atoms with Gasteiger partial charge in [0.05, 0.1) is 42.5 Å². The summed E-state index contributed by atoms with van der Waals surface area (Å²) in [6.45, 7) is 2.92. The molecule has 12 heteroatoms. The highest BCUT2D eigenvalue weighted by Gasteiger charge is 2.36. The van der Waals surface area contributed by atoms with Crippen molar-refractivity contribution in [3.05, 3.63) is 87.6 Å². The highest BCUT2D eigenvalue weighted by Crippen LogP contribution is 2.38. The molecule has 0 N–H and O–H groups in total. The largest absolute Gasteiger partial charge is 0.496 e. The van der Waals surface area contributed by atoms with Crippen LogP contribution in [0.2, 0.25) is 0 Å². The molecule has 0 aliphatic carbocycles. The predicted molar refractivity (Wildman–Crippen MR) is 153 cm³/mol. The highest BCUT2D eigenvalue weighted by atomic mass is 32.1. The highest BCUT2D eigenvalue weighted by molar-refractivity contribution is 7.12. The molecule has 1 saturated heterocycles. The third-order valence-electron chi connectivity index (χ3n) is 7.33. The molecule has 0 radical (unpaired) electrons. The van der Waals surface area contributed by atoms with E-state index in [2.05, 4.69) is 4.90 Å². The van der Waals surface area contributed by atoms with Crippen LogP contribution in [-0.2, 0) is 15.7 Å². The van der Waals surface area contributed by atoms with Gasteiger partial charge in [-0.15, -0.1) is 11.3 Å². The molecular weight excluding hydrogens is 569 g/mol. The lowest BCUT2D eigenvalue weighted by Crippen LogP contribution is -2.46. The first-order valence-corrected chi connectivity index (χ1v) is 14.5. The van der Waals surface area contributed by atoms with E-state index in [1.54, 1.807) is 7.11 Å². The molecule has 0 unspecified atom stereocenters. The molecule has 2 aliphatic rings. The van der Waals surface area contributed by atoms with E-state index in [1.807, 2.05) is 41.8 Å². The van der Waals surface area contributed by atoms with E-state index >= 15 is 0 Å². The minimum atomic E-state index is -4.52. The van der Waals surface area contributed by atoms with E-state index in [1.165, 1.54) is 21.2 Å². The fourth-order valence-electron chi connectivity index (χ4n) is 5.08. The Morgan fingerprint density at radius 2 is 1.81 bits per heavy atom. The smallest absolute Gasteiger partial charge is 0.416 e. The number of methoxy groups -OCH3 is 1. The summed E-state index contributed by atoms with van der Waals surface area (Å²) in [5, 5.41) is 8.06. The van der Waals surface area contributed by atoms with Crippen molar-refractivity contribution in [1.29, 1.82) is 0 Å². The number of nitrogens with zero attached hydrogens (tertiary/aromatic N) is 4. The minimum absolute atomic E-state index is 0.0725. The molecule has 5 rings (SSSR count). The number of alkyl halides is 3. The maximum atomic E-state index is 13.9. The van der Waals surface area contributed by atoms with Crippen molar-refractivity contribution in [1.82, 2.24) is 14.8 Å². The summed E-state index contributed by atoms with van der Waals surface area (Å²) in [4.78, 5) is 32.0. The van der Waals surface area contributed by atoms with Gasteiger partial charge < -0.3 is 14.4 Å². The van der Waals surface area contributed by atoms with Gasteiger partial charge >= 0.3 is 6.18 Å². The number of carbonyl (C=O) groups excluding carboxylic acids is 2. The molecule has 1 aromatic heterocycles. The Labute approximate surface area is 245 Å². The lowest BCUT2D eigenvalue weighted by molar-refractivity contribution is -0.137. The van der Waals surface area contributed by atoms with Crippen LogP contribution in [0.25, 0.3) is 0 Å². The molecule has 0 spiro atoms. The number of thiophene rings is 1. The molecule has 3 heterocycles. The summed E-state index contributed by atoms with van der Waals surface area (Å²) in [6.07, 6.45) is -4.05. The number of ether oxygens (including phenoxy) is 2. The van der Waals surface area contributed by atoms with Gasteiger partial charge in [-0.1, -0.05) is 24.3 Å². The van der Waals surface area contributed by atoms with Crippen LogP contribution >= 0.6 is 11.3 Å². The maximum Gasteiger partial charge on any atom is 0.416 e. The predicted octanol–water partition coefficient (Wildman–Crippen LogP) is 4.93. The number of para-hydroxylation sites is 1. The lowest BCUT2D eigenvalue weighted by atomic mass is 10.00. The van der Waals surface area contributed by atoms with E-state index in [9.17, 15) is 22.8 Å². The Morgan fingerprint density at radius 3 is 2.48 bits per heavy atom. The number of halogens is 3. The van der Waals surface area contributed by atoms with Crippen molar-refractivity contribution in [2.75, 3.05) is 53.0 Å². The molecule has 1 fully saturated rings. The van der Waals surface area contributed by atoms with Crippen molar-refractivity contribution in [2.24, 2.45) is 5.10 Å². The van der Waals surface area contributed by atoms with E-state index in [0.29, 0.717) is 45.0 Å². The summed E-state index contributed by atoms with van der Waals surface area (Å²) < 4.78 is 50.4. The van der Waals surface area contributed by atoms with Crippen LogP contribution in [0.15, 0.2) is 71.1 Å². The molecule has 2 amide bonds. The fourth-order valence-corrected chi connectivity index (χ4v) is 5.80. The molecule has 2 aromatic carbocycles. The van der Waals surface area contributed by atoms with E-state index in [0.717, 1.165) is 40.4 Å². The van der Waals surface area contributed by atoms with Gasteiger partial charge in [-0.2, -0.15) is 18.3 Å². The number of morpholine rings is 1. The summed E-state index contributed by atoms with van der Waals surface area (Å²) in [6, 6.07) is 14.9. The zero-order valence-electron chi connectivity index (χ0n) is 23.0. The summed E-state index contributed by atoms with van der Waals surface area (Å²) in [7, 11) is 1.57. The van der Waals surface area contributed by atoms with Crippen LogP contribution in [0, 0.1) is 0 Å². The second-order valence-corrected chi connectivity index (χ2v) is 10.9. The molecule has 222 valence electrons. The van der Waals surface area contributed by atoms with E-state index in [4.69, 9.17) is 14.6 Å². The third-order valence-corrected chi connectivity index (χ3v) is 8.25. The normalized spacial score (nSPS) is 17.7. The summed E-state index contributed by atoms with van der Waals surface area (Å²) in [5.74, 6) is -0.312. The van der Waals surface area contributed by atoms with Gasteiger partial charge in [0.25, 0.3) is 11.8 Å². The summed E-state index contributed by atoms with van der Waals surface area (Å²) in [5.41, 5.74) is 0.770. The topological polar surface area (TPSA) is 74.7 Å². The van der Waals surface area contributed by atoms with Crippen LogP contribution in [0.3, 0.4) is 0 Å². The first-order valence-electron chi connectivity index (χ1n) is 13.6. The van der Waals surface area contributed by atoms with Crippen molar-refractivity contribution in [3.8, 4) is 5.75 Å². The first-order chi connectivity index (χ1) is 20.2. The first kappa shape index (κ1) is 29.7. The monoisotopic (exact) mass is 600 g/mol. The quantitative estimate of drug-likeness (QED) is 0.349. The molecule has 42 heavy (non-hydrogen) atoms. The SMILES string of the molecule is COc1ccccc1[C@@H]1CC(c2cccs2)=NN1C(=O)CN(CCN1CCOCC1)C(=O)c1ccc(C(F)(F)F)cc1. The maximum absolute atomic E-state index is 13.9. The minimum Gasteiger partial charge on any atom is -0.496 e. The molecule has 2 aliphatic heterocycles. The van der Waals surface area contributed by atoms with Gasteiger partial charge in [0, 0.05) is 43.7 Å². The fraction of sp³-hybridized carbons (Fsp3) is 0.367. The number of hydrogen-bond donors (Lipinski definition) is 0. The molecule has 0 saturated carbocycles. The average molecular weight is 601 g/mol. The zero-order chi connectivity index (χ0) is 29.7. The van der Waals surface area contributed by atoms with Crippen LogP contribution in [0.5, 0.6) is 5.75 Å². The zero-order valence-corrected chi connectivity index (χ0v) is 23.9. The second-order valence-electron chi connectivity index (χ2n) is 9.98. The van der Waals surface area contributed by atoms with Crippen LogP contribution in [0.4, 0.5) is 13.2 Å².